The largest absolute Gasteiger partial charge is 0.348 e. The number of nitrogens with zero attached hydrogens (tertiary/aromatic N) is 1. The molecule has 0 spiro atoms. The summed E-state index contributed by atoms with van der Waals surface area (Å²) < 4.78 is 2.21. The Balaban J connectivity index is 2.30. The van der Waals surface area contributed by atoms with Crippen molar-refractivity contribution in [2.45, 2.75) is 20.8 Å². The van der Waals surface area contributed by atoms with Crippen molar-refractivity contribution in [2.75, 3.05) is 5.32 Å². The van der Waals surface area contributed by atoms with Gasteiger partial charge in [-0.25, -0.2) is 0 Å². The summed E-state index contributed by atoms with van der Waals surface area (Å²) in [6, 6.07) is 10.6. The van der Waals surface area contributed by atoms with E-state index >= 15 is 0 Å². The Morgan fingerprint density at radius 2 is 1.82 bits per heavy atom. The first-order chi connectivity index (χ1) is 8.05. The SMILES string of the molecule is CC(C)(C)C1=C[n+]2cccc3cccc(c32)N1. The van der Waals surface area contributed by atoms with Crippen molar-refractivity contribution in [2.24, 2.45) is 5.41 Å². The molecule has 0 aliphatic carbocycles. The molecule has 0 unspecified atom stereocenters. The van der Waals surface area contributed by atoms with Gasteiger partial charge in [-0.05, 0) is 18.2 Å². The van der Waals surface area contributed by atoms with Crippen LogP contribution >= 0.6 is 0 Å². The van der Waals surface area contributed by atoms with Crippen molar-refractivity contribution >= 4 is 22.8 Å². The molecule has 2 heteroatoms. The minimum absolute atomic E-state index is 0.128. The summed E-state index contributed by atoms with van der Waals surface area (Å²) in [5.74, 6) is 0. The van der Waals surface area contributed by atoms with Gasteiger partial charge in [-0.3, -0.25) is 0 Å². The second-order valence-electron chi connectivity index (χ2n) is 5.58. The first-order valence-electron chi connectivity index (χ1n) is 5.98. The topological polar surface area (TPSA) is 15.9 Å². The fourth-order valence-corrected chi connectivity index (χ4v) is 2.20. The minimum atomic E-state index is 0.128. The summed E-state index contributed by atoms with van der Waals surface area (Å²) in [6.45, 7) is 6.67. The normalized spacial score (nSPS) is 14.4. The molecule has 2 nitrogen and oxygen atoms in total. The lowest BCUT2D eigenvalue weighted by atomic mass is 9.91. The highest BCUT2D eigenvalue weighted by Gasteiger charge is 2.26. The number of nitrogens with one attached hydrogen (secondary N) is 1. The molecule has 0 atom stereocenters. The van der Waals surface area contributed by atoms with Crippen LogP contribution in [0, 0.1) is 5.41 Å². The molecule has 1 aromatic carbocycles. The van der Waals surface area contributed by atoms with E-state index in [0.717, 1.165) is 0 Å². The van der Waals surface area contributed by atoms with E-state index in [2.05, 4.69) is 73.4 Å². The van der Waals surface area contributed by atoms with E-state index in [9.17, 15) is 0 Å². The first-order valence-corrected chi connectivity index (χ1v) is 5.98. The predicted molar refractivity (Wildman–Crippen MR) is 71.5 cm³/mol. The Hall–Kier alpha value is -1.83. The molecule has 2 aromatic rings. The van der Waals surface area contributed by atoms with Crippen LogP contribution in [0.2, 0.25) is 0 Å². The zero-order valence-corrected chi connectivity index (χ0v) is 10.5. The van der Waals surface area contributed by atoms with Gasteiger partial charge in [0.15, 0.2) is 12.4 Å². The smallest absolute Gasteiger partial charge is 0.241 e. The van der Waals surface area contributed by atoms with E-state index in [4.69, 9.17) is 0 Å². The Morgan fingerprint density at radius 3 is 2.59 bits per heavy atom. The lowest BCUT2D eigenvalue weighted by Gasteiger charge is -2.25. The summed E-state index contributed by atoms with van der Waals surface area (Å²) in [6.07, 6.45) is 4.30. The average molecular weight is 225 g/mol. The van der Waals surface area contributed by atoms with Crippen molar-refractivity contribution in [1.82, 2.24) is 0 Å². The molecule has 1 aliphatic rings. The van der Waals surface area contributed by atoms with Gasteiger partial charge in [0, 0.05) is 16.9 Å². The van der Waals surface area contributed by atoms with Gasteiger partial charge in [-0.2, -0.15) is 4.57 Å². The average Bonchev–Trinajstić information content (AvgIpc) is 2.28. The molecule has 1 N–H and O–H groups in total. The van der Waals surface area contributed by atoms with Crippen molar-refractivity contribution in [1.29, 1.82) is 0 Å². The fourth-order valence-electron chi connectivity index (χ4n) is 2.20. The zero-order chi connectivity index (χ0) is 12.0. The number of rotatable bonds is 0. The van der Waals surface area contributed by atoms with E-state index in [1.807, 2.05) is 0 Å². The molecule has 3 rings (SSSR count). The molecule has 86 valence electrons. The van der Waals surface area contributed by atoms with Crippen molar-refractivity contribution in [3.8, 4) is 0 Å². The summed E-state index contributed by atoms with van der Waals surface area (Å²) >= 11 is 0. The van der Waals surface area contributed by atoms with Crippen LogP contribution in [0.1, 0.15) is 20.8 Å². The Morgan fingerprint density at radius 1 is 1.06 bits per heavy atom. The van der Waals surface area contributed by atoms with E-state index < -0.39 is 0 Å². The molecule has 1 aromatic heterocycles. The van der Waals surface area contributed by atoms with Crippen LogP contribution in [0.15, 0.2) is 42.2 Å². The summed E-state index contributed by atoms with van der Waals surface area (Å²) in [4.78, 5) is 0. The minimum Gasteiger partial charge on any atom is -0.348 e. The van der Waals surface area contributed by atoms with Gasteiger partial charge < -0.3 is 5.32 Å². The number of allylic oxidation sites excluding steroid dienone is 1. The maximum absolute atomic E-state index is 3.54. The molecule has 0 saturated carbocycles. The van der Waals surface area contributed by atoms with E-state index in [1.165, 1.54) is 22.3 Å². The number of aromatic nitrogens is 1. The predicted octanol–water partition coefficient (Wildman–Crippen LogP) is 3.40. The van der Waals surface area contributed by atoms with Gasteiger partial charge in [0.05, 0.1) is 5.70 Å². The molecule has 17 heavy (non-hydrogen) atoms. The Labute approximate surface area is 102 Å². The van der Waals surface area contributed by atoms with Crippen LogP contribution in [-0.2, 0) is 0 Å². The fraction of sp³-hybridized carbons (Fsp3) is 0.267. The molecule has 2 heterocycles. The highest BCUT2D eigenvalue weighted by atomic mass is 15.0. The molecule has 0 bridgehead atoms. The zero-order valence-electron chi connectivity index (χ0n) is 10.5. The quantitative estimate of drug-likeness (QED) is 0.679. The lowest BCUT2D eigenvalue weighted by Crippen LogP contribution is -2.35. The standard InChI is InChI=1S/C15H17N2/c1-15(2,3)13-10-17-9-5-7-11-6-4-8-12(16-13)14(11)17/h4-10,16H,1-3H3/q+1. The van der Waals surface area contributed by atoms with Crippen molar-refractivity contribution < 1.29 is 4.57 Å². The summed E-state index contributed by atoms with van der Waals surface area (Å²) in [7, 11) is 0. The molecule has 0 amide bonds. The second kappa shape index (κ2) is 3.33. The number of para-hydroxylation sites is 1. The molecule has 1 aliphatic heterocycles. The third-order valence-electron chi connectivity index (χ3n) is 3.19. The van der Waals surface area contributed by atoms with E-state index in [1.54, 1.807) is 0 Å². The molecular weight excluding hydrogens is 208 g/mol. The number of hydrogen-bond donors (Lipinski definition) is 1. The van der Waals surface area contributed by atoms with Gasteiger partial charge >= 0.3 is 0 Å². The Bertz CT molecular complexity index is 613. The third-order valence-corrected chi connectivity index (χ3v) is 3.19. The molecule has 0 saturated heterocycles. The number of hydrogen-bond acceptors (Lipinski definition) is 1. The van der Waals surface area contributed by atoms with E-state index in [0.29, 0.717) is 0 Å². The van der Waals surface area contributed by atoms with Crippen LogP contribution in [0.5, 0.6) is 0 Å². The number of anilines is 1. The highest BCUT2D eigenvalue weighted by Crippen LogP contribution is 2.31. The third kappa shape index (κ3) is 1.60. The monoisotopic (exact) mass is 225 g/mol. The first kappa shape index (κ1) is 10.3. The highest BCUT2D eigenvalue weighted by molar-refractivity contribution is 5.90. The van der Waals surface area contributed by atoms with Gasteiger partial charge in [0.25, 0.3) is 0 Å². The Kier molecular flexibility index (Phi) is 2.02. The number of benzene rings is 1. The lowest BCUT2D eigenvalue weighted by molar-refractivity contribution is -0.540. The van der Waals surface area contributed by atoms with Gasteiger partial charge in [0.1, 0.15) is 5.69 Å². The van der Waals surface area contributed by atoms with Gasteiger partial charge in [-0.15, -0.1) is 0 Å². The van der Waals surface area contributed by atoms with Crippen LogP contribution in [0.4, 0.5) is 5.69 Å². The van der Waals surface area contributed by atoms with Crippen molar-refractivity contribution in [3.05, 3.63) is 42.2 Å². The van der Waals surface area contributed by atoms with Crippen LogP contribution in [-0.4, -0.2) is 0 Å². The molecule has 0 radical (unpaired) electrons. The second-order valence-corrected chi connectivity index (χ2v) is 5.58. The van der Waals surface area contributed by atoms with Crippen LogP contribution in [0.25, 0.3) is 17.1 Å². The van der Waals surface area contributed by atoms with Crippen LogP contribution < -0.4 is 9.88 Å². The number of pyridine rings is 1. The van der Waals surface area contributed by atoms with Gasteiger partial charge in [0.2, 0.25) is 5.52 Å². The van der Waals surface area contributed by atoms with E-state index in [-0.39, 0.29) is 5.41 Å². The maximum atomic E-state index is 3.54. The summed E-state index contributed by atoms with van der Waals surface area (Å²) in [5, 5.41) is 4.81. The maximum Gasteiger partial charge on any atom is 0.241 e. The van der Waals surface area contributed by atoms with Gasteiger partial charge in [-0.1, -0.05) is 26.8 Å². The van der Waals surface area contributed by atoms with Crippen molar-refractivity contribution in [3.63, 3.8) is 0 Å². The summed E-state index contributed by atoms with van der Waals surface area (Å²) in [5.41, 5.74) is 3.81. The van der Waals surface area contributed by atoms with Crippen LogP contribution in [0.3, 0.4) is 0 Å². The molecule has 0 fully saturated rings. The molecular formula is C15H17N2+.